The number of benzene rings is 1. The van der Waals surface area contributed by atoms with Crippen molar-refractivity contribution in [1.29, 1.82) is 0 Å². The van der Waals surface area contributed by atoms with Crippen molar-refractivity contribution in [2.45, 2.75) is 19.4 Å². The molecule has 1 aromatic heterocycles. The number of ether oxygens (including phenoxy) is 1. The number of aromatic nitrogens is 1. The highest BCUT2D eigenvalue weighted by molar-refractivity contribution is 5.69. The Morgan fingerprint density at radius 1 is 1.32 bits per heavy atom. The zero-order chi connectivity index (χ0) is 13.2. The summed E-state index contributed by atoms with van der Waals surface area (Å²) >= 11 is 0. The molecule has 0 aliphatic carbocycles. The van der Waals surface area contributed by atoms with E-state index in [1.54, 1.807) is 13.3 Å². The molecule has 1 N–H and O–H groups in total. The molecule has 2 heterocycles. The molecule has 0 saturated heterocycles. The molecule has 1 aliphatic rings. The molecule has 19 heavy (non-hydrogen) atoms. The zero-order valence-corrected chi connectivity index (χ0v) is 11.3. The summed E-state index contributed by atoms with van der Waals surface area (Å²) in [7, 11) is 1.66. The monoisotopic (exact) mass is 254 g/mol. The van der Waals surface area contributed by atoms with Crippen LogP contribution in [0, 0.1) is 0 Å². The highest BCUT2D eigenvalue weighted by Crippen LogP contribution is 2.31. The maximum Gasteiger partial charge on any atom is 0.221 e. The van der Waals surface area contributed by atoms with E-state index in [2.05, 4.69) is 41.5 Å². The van der Waals surface area contributed by atoms with E-state index >= 15 is 0 Å². The molecule has 1 aliphatic heterocycles. The maximum atomic E-state index is 5.34. The number of pyridine rings is 1. The maximum absolute atomic E-state index is 5.34. The van der Waals surface area contributed by atoms with Crippen molar-refractivity contribution in [3.8, 4) is 17.0 Å². The number of rotatable bonds is 2. The lowest BCUT2D eigenvalue weighted by molar-refractivity contribution is 0.399. The molecular weight excluding hydrogens is 236 g/mol. The Balaban J connectivity index is 2.07. The van der Waals surface area contributed by atoms with E-state index in [9.17, 15) is 0 Å². The lowest BCUT2D eigenvalue weighted by atomic mass is 9.92. The molecular formula is C16H18N2O. The second-order valence-electron chi connectivity index (χ2n) is 4.90. The van der Waals surface area contributed by atoms with Crippen LogP contribution in [0.4, 0.5) is 0 Å². The van der Waals surface area contributed by atoms with Gasteiger partial charge in [-0.2, -0.15) is 0 Å². The number of methoxy groups -OCH3 is 1. The molecule has 0 fully saturated rings. The molecule has 3 heteroatoms. The van der Waals surface area contributed by atoms with Gasteiger partial charge < -0.3 is 10.1 Å². The van der Waals surface area contributed by atoms with Crippen molar-refractivity contribution in [3.05, 3.63) is 47.7 Å². The first-order valence-electron chi connectivity index (χ1n) is 6.65. The summed E-state index contributed by atoms with van der Waals surface area (Å²) < 4.78 is 5.34. The first-order valence-corrected chi connectivity index (χ1v) is 6.65. The quantitative estimate of drug-likeness (QED) is 0.894. The summed E-state index contributed by atoms with van der Waals surface area (Å²) in [4.78, 5) is 4.27. The van der Waals surface area contributed by atoms with Gasteiger partial charge in [0.25, 0.3) is 0 Å². The number of hydrogen-bond donors (Lipinski definition) is 1. The Morgan fingerprint density at radius 3 is 3.05 bits per heavy atom. The molecule has 1 aromatic carbocycles. The molecule has 3 nitrogen and oxygen atoms in total. The Morgan fingerprint density at radius 2 is 2.21 bits per heavy atom. The number of fused-ring (bicyclic) bond motifs is 1. The van der Waals surface area contributed by atoms with Gasteiger partial charge in [0, 0.05) is 17.8 Å². The van der Waals surface area contributed by atoms with Crippen LogP contribution in [-0.2, 0) is 6.42 Å². The SMILES string of the molecule is COc1ncccc1-c1ccc2c(c1)CCNC2C. The van der Waals surface area contributed by atoms with Crippen LogP contribution in [0.15, 0.2) is 36.5 Å². The Hall–Kier alpha value is -1.87. The first kappa shape index (κ1) is 12.2. The first-order chi connectivity index (χ1) is 9.29. The van der Waals surface area contributed by atoms with Crippen LogP contribution >= 0.6 is 0 Å². The van der Waals surface area contributed by atoms with Crippen LogP contribution in [0.2, 0.25) is 0 Å². The third-order valence-corrected chi connectivity index (χ3v) is 3.73. The molecule has 0 saturated carbocycles. The van der Waals surface area contributed by atoms with Crippen molar-refractivity contribution in [2.24, 2.45) is 0 Å². The lowest BCUT2D eigenvalue weighted by Gasteiger charge is -2.24. The molecule has 0 amide bonds. The summed E-state index contributed by atoms with van der Waals surface area (Å²) in [5.41, 5.74) is 5.06. The van der Waals surface area contributed by atoms with E-state index in [1.165, 1.54) is 16.7 Å². The van der Waals surface area contributed by atoms with Crippen molar-refractivity contribution < 1.29 is 4.74 Å². The molecule has 0 radical (unpaired) electrons. The normalized spacial score (nSPS) is 17.9. The molecule has 0 bridgehead atoms. The van der Waals surface area contributed by atoms with Crippen molar-refractivity contribution in [1.82, 2.24) is 10.3 Å². The minimum Gasteiger partial charge on any atom is -0.481 e. The van der Waals surface area contributed by atoms with Gasteiger partial charge in [0.15, 0.2) is 0 Å². The molecule has 1 unspecified atom stereocenters. The van der Waals surface area contributed by atoms with Gasteiger partial charge in [-0.15, -0.1) is 0 Å². The molecule has 0 spiro atoms. The van der Waals surface area contributed by atoms with E-state index in [4.69, 9.17) is 4.74 Å². The molecule has 2 aromatic rings. The van der Waals surface area contributed by atoms with Gasteiger partial charge in [-0.05, 0) is 48.7 Å². The fourth-order valence-corrected chi connectivity index (χ4v) is 2.72. The van der Waals surface area contributed by atoms with Gasteiger partial charge in [-0.3, -0.25) is 0 Å². The summed E-state index contributed by atoms with van der Waals surface area (Å²) in [5.74, 6) is 0.685. The van der Waals surface area contributed by atoms with Crippen LogP contribution in [0.5, 0.6) is 5.88 Å². The zero-order valence-electron chi connectivity index (χ0n) is 11.3. The van der Waals surface area contributed by atoms with Crippen LogP contribution < -0.4 is 10.1 Å². The number of nitrogens with one attached hydrogen (secondary N) is 1. The fourth-order valence-electron chi connectivity index (χ4n) is 2.72. The highest BCUT2D eigenvalue weighted by atomic mass is 16.5. The van der Waals surface area contributed by atoms with Crippen LogP contribution in [-0.4, -0.2) is 18.6 Å². The van der Waals surface area contributed by atoms with Crippen LogP contribution in [0.3, 0.4) is 0 Å². The van der Waals surface area contributed by atoms with Gasteiger partial charge in [0.2, 0.25) is 5.88 Å². The van der Waals surface area contributed by atoms with Gasteiger partial charge >= 0.3 is 0 Å². The Kier molecular flexibility index (Phi) is 3.22. The minimum absolute atomic E-state index is 0.439. The van der Waals surface area contributed by atoms with E-state index < -0.39 is 0 Å². The average molecular weight is 254 g/mol. The summed E-state index contributed by atoms with van der Waals surface area (Å²) in [6.07, 6.45) is 2.84. The van der Waals surface area contributed by atoms with Crippen molar-refractivity contribution in [2.75, 3.05) is 13.7 Å². The van der Waals surface area contributed by atoms with E-state index in [1.807, 2.05) is 6.07 Å². The predicted molar refractivity (Wildman–Crippen MR) is 76.3 cm³/mol. The van der Waals surface area contributed by atoms with E-state index in [0.29, 0.717) is 11.9 Å². The van der Waals surface area contributed by atoms with Crippen LogP contribution in [0.1, 0.15) is 24.1 Å². The topological polar surface area (TPSA) is 34.1 Å². The van der Waals surface area contributed by atoms with Gasteiger partial charge in [-0.25, -0.2) is 4.98 Å². The van der Waals surface area contributed by atoms with Crippen molar-refractivity contribution >= 4 is 0 Å². The van der Waals surface area contributed by atoms with Gasteiger partial charge in [-0.1, -0.05) is 18.2 Å². The second-order valence-corrected chi connectivity index (χ2v) is 4.90. The third kappa shape index (κ3) is 2.22. The summed E-state index contributed by atoms with van der Waals surface area (Å²) in [5, 5.41) is 3.48. The van der Waals surface area contributed by atoms with E-state index in [-0.39, 0.29) is 0 Å². The molecule has 1 atom stereocenters. The molecule has 3 rings (SSSR count). The Bertz CT molecular complexity index is 595. The standard InChI is InChI=1S/C16H18N2O/c1-11-14-6-5-12(10-13(14)7-9-17-11)15-4-3-8-18-16(15)19-2/h3-6,8,10-11,17H,7,9H2,1-2H3. The van der Waals surface area contributed by atoms with E-state index in [0.717, 1.165) is 18.5 Å². The summed E-state index contributed by atoms with van der Waals surface area (Å²) in [6.45, 7) is 3.25. The number of nitrogens with zero attached hydrogens (tertiary/aromatic N) is 1. The van der Waals surface area contributed by atoms with Gasteiger partial charge in [0.05, 0.1) is 7.11 Å². The summed E-state index contributed by atoms with van der Waals surface area (Å²) in [6, 6.07) is 11.1. The lowest BCUT2D eigenvalue weighted by Crippen LogP contribution is -2.27. The second kappa shape index (κ2) is 5.02. The Labute approximate surface area is 113 Å². The predicted octanol–water partition coefficient (Wildman–Crippen LogP) is 2.96. The minimum atomic E-state index is 0.439. The smallest absolute Gasteiger partial charge is 0.221 e. The average Bonchev–Trinajstić information content (AvgIpc) is 2.47. The van der Waals surface area contributed by atoms with Gasteiger partial charge in [0.1, 0.15) is 0 Å². The van der Waals surface area contributed by atoms with Crippen molar-refractivity contribution in [3.63, 3.8) is 0 Å². The highest BCUT2D eigenvalue weighted by Gasteiger charge is 2.16. The molecule has 98 valence electrons. The third-order valence-electron chi connectivity index (χ3n) is 3.73. The fraction of sp³-hybridized carbons (Fsp3) is 0.312. The van der Waals surface area contributed by atoms with Crippen LogP contribution in [0.25, 0.3) is 11.1 Å². The number of hydrogen-bond acceptors (Lipinski definition) is 3. The largest absolute Gasteiger partial charge is 0.481 e.